The molecule has 0 unspecified atom stereocenters. The zero-order valence-corrected chi connectivity index (χ0v) is 19.9. The molecule has 8 heteroatoms. The summed E-state index contributed by atoms with van der Waals surface area (Å²) in [5, 5.41) is 3.94. The molecule has 1 fully saturated rings. The van der Waals surface area contributed by atoms with E-state index in [2.05, 4.69) is 33.4 Å². The maximum Gasteiger partial charge on any atom is 0.263 e. The van der Waals surface area contributed by atoms with Gasteiger partial charge >= 0.3 is 0 Å². The number of anilines is 2. The Kier molecular flexibility index (Phi) is 6.12. The topological polar surface area (TPSA) is 89.7 Å². The van der Waals surface area contributed by atoms with Gasteiger partial charge in [0.05, 0.1) is 24.4 Å². The molecule has 3 N–H and O–H groups in total. The van der Waals surface area contributed by atoms with Crippen molar-refractivity contribution in [2.75, 3.05) is 37.5 Å². The van der Waals surface area contributed by atoms with Crippen LogP contribution in [0.3, 0.4) is 0 Å². The Morgan fingerprint density at radius 3 is 3.06 bits per heavy atom. The Morgan fingerprint density at radius 2 is 2.21 bits per heavy atom. The van der Waals surface area contributed by atoms with E-state index in [-0.39, 0.29) is 11.9 Å². The number of hydrogen-bond acceptors (Lipinski definition) is 7. The molecule has 2 aromatic heterocycles. The number of piperidine rings is 1. The average Bonchev–Trinajstić information content (AvgIpc) is 3.15. The molecule has 1 aromatic carbocycles. The fourth-order valence-corrected chi connectivity index (χ4v) is 5.89. The smallest absolute Gasteiger partial charge is 0.263 e. The average molecular weight is 467 g/mol. The molecule has 0 bridgehead atoms. The van der Waals surface area contributed by atoms with Gasteiger partial charge in [-0.25, -0.2) is 4.98 Å². The molecule has 1 amide bonds. The van der Waals surface area contributed by atoms with Crippen LogP contribution in [-0.2, 0) is 11.2 Å². The van der Waals surface area contributed by atoms with Gasteiger partial charge in [0.2, 0.25) is 0 Å². The number of nitrogens with two attached hydrogens (primary N) is 1. The summed E-state index contributed by atoms with van der Waals surface area (Å²) in [6.45, 7) is 4.14. The first-order chi connectivity index (χ1) is 16.0. The van der Waals surface area contributed by atoms with Gasteiger partial charge in [0, 0.05) is 36.5 Å². The maximum atomic E-state index is 13.0. The Labute approximate surface area is 197 Å². The summed E-state index contributed by atoms with van der Waals surface area (Å²) in [5.41, 5.74) is 9.95. The first-order valence-electron chi connectivity index (χ1n) is 11.5. The number of nitrogen functional groups attached to an aromatic ring is 1. The quantitative estimate of drug-likeness (QED) is 0.592. The summed E-state index contributed by atoms with van der Waals surface area (Å²) in [6, 6.07) is 10.6. The lowest BCUT2D eigenvalue weighted by molar-refractivity contribution is 0.0920. The standard InChI is InChI=1S/C25H30N4O3S/c1-15-6-9-20-22(26)23(33-25(20)27-15)24(30)28-17-11-16-7-8-18(12-21(16)32-13-17)29-10-4-3-5-19(29)14-31-2/h6-9,12,17,19H,3-5,10-11,13-14,26H2,1-2H3,(H,28,30)/t17-,19+/m1/s1. The number of hydrogen-bond donors (Lipinski definition) is 2. The van der Waals surface area contributed by atoms with Crippen LogP contribution in [0.2, 0.25) is 0 Å². The van der Waals surface area contributed by atoms with Crippen molar-refractivity contribution in [3.05, 3.63) is 46.5 Å². The van der Waals surface area contributed by atoms with Crippen LogP contribution >= 0.6 is 11.3 Å². The number of aromatic nitrogens is 1. The van der Waals surface area contributed by atoms with E-state index in [0.717, 1.165) is 53.2 Å². The molecule has 0 radical (unpaired) electrons. The van der Waals surface area contributed by atoms with Crippen LogP contribution in [0.1, 0.15) is 40.2 Å². The van der Waals surface area contributed by atoms with Crippen molar-refractivity contribution in [3.8, 4) is 5.75 Å². The van der Waals surface area contributed by atoms with Gasteiger partial charge in [0.1, 0.15) is 22.1 Å². The third-order valence-corrected chi connectivity index (χ3v) is 7.66. The molecule has 1 saturated heterocycles. The fraction of sp³-hybridized carbons (Fsp3) is 0.440. The molecule has 4 heterocycles. The molecular weight excluding hydrogens is 436 g/mol. The molecule has 3 aromatic rings. The van der Waals surface area contributed by atoms with Crippen LogP contribution in [-0.4, -0.2) is 49.8 Å². The van der Waals surface area contributed by atoms with Crippen molar-refractivity contribution >= 4 is 38.8 Å². The lowest BCUT2D eigenvalue weighted by Gasteiger charge is -2.38. The molecule has 2 aliphatic heterocycles. The molecule has 5 rings (SSSR count). The number of carbonyl (C=O) groups is 1. The maximum absolute atomic E-state index is 13.0. The summed E-state index contributed by atoms with van der Waals surface area (Å²) in [7, 11) is 1.77. The van der Waals surface area contributed by atoms with E-state index in [0.29, 0.717) is 23.2 Å². The van der Waals surface area contributed by atoms with Crippen molar-refractivity contribution in [1.29, 1.82) is 0 Å². The molecule has 0 aliphatic carbocycles. The van der Waals surface area contributed by atoms with Crippen molar-refractivity contribution in [1.82, 2.24) is 10.3 Å². The molecule has 0 spiro atoms. The van der Waals surface area contributed by atoms with Gasteiger partial charge in [0.25, 0.3) is 5.91 Å². The molecular formula is C25H30N4O3S. The van der Waals surface area contributed by atoms with Gasteiger partial charge in [-0.1, -0.05) is 6.07 Å². The Bertz CT molecular complexity index is 1180. The number of nitrogens with zero attached hydrogens (tertiary/aromatic N) is 2. The highest BCUT2D eigenvalue weighted by molar-refractivity contribution is 7.21. The highest BCUT2D eigenvalue weighted by atomic mass is 32.1. The zero-order valence-electron chi connectivity index (χ0n) is 19.1. The number of fused-ring (bicyclic) bond motifs is 2. The summed E-state index contributed by atoms with van der Waals surface area (Å²) < 4.78 is 11.5. The molecule has 174 valence electrons. The van der Waals surface area contributed by atoms with Gasteiger partial charge in [-0.2, -0.15) is 0 Å². The lowest BCUT2D eigenvalue weighted by atomic mass is 9.99. The molecule has 7 nitrogen and oxygen atoms in total. The van der Waals surface area contributed by atoms with Crippen LogP contribution in [0.25, 0.3) is 10.2 Å². The second kappa shape index (κ2) is 9.19. The van der Waals surface area contributed by atoms with E-state index in [1.165, 1.54) is 29.9 Å². The summed E-state index contributed by atoms with van der Waals surface area (Å²) in [5.74, 6) is 0.735. The minimum absolute atomic E-state index is 0.105. The molecule has 2 atom stereocenters. The van der Waals surface area contributed by atoms with E-state index in [1.807, 2.05) is 19.1 Å². The van der Waals surface area contributed by atoms with Gasteiger partial charge in [-0.3, -0.25) is 4.79 Å². The third-order valence-electron chi connectivity index (χ3n) is 6.55. The lowest BCUT2D eigenvalue weighted by Crippen LogP contribution is -2.43. The second-order valence-electron chi connectivity index (χ2n) is 8.93. The number of pyridine rings is 1. The highest BCUT2D eigenvalue weighted by Crippen LogP contribution is 2.34. The summed E-state index contributed by atoms with van der Waals surface area (Å²) in [6.07, 6.45) is 4.32. The number of thiophene rings is 1. The van der Waals surface area contributed by atoms with Crippen LogP contribution < -0.4 is 20.7 Å². The van der Waals surface area contributed by atoms with Gasteiger partial charge in [0.15, 0.2) is 0 Å². The number of rotatable bonds is 5. The van der Waals surface area contributed by atoms with Crippen LogP contribution in [0.4, 0.5) is 11.4 Å². The highest BCUT2D eigenvalue weighted by Gasteiger charge is 2.27. The Balaban J connectivity index is 1.29. The van der Waals surface area contributed by atoms with E-state index in [9.17, 15) is 4.79 Å². The molecule has 33 heavy (non-hydrogen) atoms. The predicted molar refractivity (Wildman–Crippen MR) is 133 cm³/mol. The van der Waals surface area contributed by atoms with Crippen molar-refractivity contribution in [3.63, 3.8) is 0 Å². The van der Waals surface area contributed by atoms with Gasteiger partial charge < -0.3 is 25.4 Å². The number of amides is 1. The summed E-state index contributed by atoms with van der Waals surface area (Å²) >= 11 is 1.34. The van der Waals surface area contributed by atoms with E-state index in [4.69, 9.17) is 15.2 Å². The van der Waals surface area contributed by atoms with Crippen LogP contribution in [0, 0.1) is 6.92 Å². The second-order valence-corrected chi connectivity index (χ2v) is 9.93. The predicted octanol–water partition coefficient (Wildman–Crippen LogP) is 3.93. The van der Waals surface area contributed by atoms with E-state index in [1.54, 1.807) is 7.11 Å². The number of methoxy groups -OCH3 is 1. The summed E-state index contributed by atoms with van der Waals surface area (Å²) in [4.78, 5) is 21.2. The minimum Gasteiger partial charge on any atom is -0.491 e. The number of benzene rings is 1. The van der Waals surface area contributed by atoms with E-state index >= 15 is 0 Å². The first kappa shape index (κ1) is 22.0. The number of nitrogens with one attached hydrogen (secondary N) is 1. The Morgan fingerprint density at radius 1 is 1.33 bits per heavy atom. The molecule has 2 aliphatic rings. The number of aryl methyl sites for hydroxylation is 1. The van der Waals surface area contributed by atoms with Crippen LogP contribution in [0.15, 0.2) is 30.3 Å². The van der Waals surface area contributed by atoms with Crippen LogP contribution in [0.5, 0.6) is 5.75 Å². The number of carbonyl (C=O) groups excluding carboxylic acids is 1. The fourth-order valence-electron chi connectivity index (χ4n) is 4.85. The first-order valence-corrected chi connectivity index (χ1v) is 12.3. The van der Waals surface area contributed by atoms with Crippen molar-refractivity contribution in [2.24, 2.45) is 0 Å². The molecule has 0 saturated carbocycles. The Hall–Kier alpha value is -2.84. The largest absolute Gasteiger partial charge is 0.491 e. The van der Waals surface area contributed by atoms with Gasteiger partial charge in [-0.15, -0.1) is 11.3 Å². The number of ether oxygens (including phenoxy) is 2. The van der Waals surface area contributed by atoms with Crippen molar-refractivity contribution < 1.29 is 14.3 Å². The van der Waals surface area contributed by atoms with E-state index < -0.39 is 0 Å². The third kappa shape index (κ3) is 4.37. The van der Waals surface area contributed by atoms with Gasteiger partial charge in [-0.05, 0) is 56.4 Å². The monoisotopic (exact) mass is 466 g/mol. The van der Waals surface area contributed by atoms with Crippen molar-refractivity contribution in [2.45, 2.75) is 44.7 Å². The normalized spacial score (nSPS) is 20.4. The zero-order chi connectivity index (χ0) is 22.9. The minimum atomic E-state index is -0.169. The SMILES string of the molecule is COC[C@@H]1CCCCN1c1ccc2c(c1)OC[C@H](NC(=O)c1sc3nc(C)ccc3c1N)C2.